The molecule has 2 heterocycles. The zero-order valence-electron chi connectivity index (χ0n) is 15.7. The number of halogens is 1. The number of guanidine groups is 1. The molecule has 27 heavy (non-hydrogen) atoms. The highest BCUT2D eigenvalue weighted by atomic mass is 127. The van der Waals surface area contributed by atoms with Crippen molar-refractivity contribution in [2.45, 2.75) is 19.9 Å². The Labute approximate surface area is 177 Å². The number of pyridine rings is 1. The van der Waals surface area contributed by atoms with Crippen LogP contribution in [0, 0.1) is 0 Å². The number of rotatable bonds is 7. The predicted octanol–water partition coefficient (Wildman–Crippen LogP) is 3.26. The van der Waals surface area contributed by atoms with Crippen LogP contribution in [0.5, 0.6) is 5.75 Å². The highest BCUT2D eigenvalue weighted by molar-refractivity contribution is 14.0. The number of ether oxygens (including phenoxy) is 1. The summed E-state index contributed by atoms with van der Waals surface area (Å²) in [5.41, 5.74) is 3.14. The molecule has 3 rings (SSSR count). The van der Waals surface area contributed by atoms with Gasteiger partial charge in [0, 0.05) is 44.5 Å². The molecular weight excluding hydrogens is 453 g/mol. The highest BCUT2D eigenvalue weighted by Gasteiger charge is 2.05. The first kappa shape index (κ1) is 21.0. The first-order valence-corrected chi connectivity index (χ1v) is 8.88. The van der Waals surface area contributed by atoms with Crippen molar-refractivity contribution in [3.05, 3.63) is 66.1 Å². The van der Waals surface area contributed by atoms with Gasteiger partial charge in [-0.1, -0.05) is 24.3 Å². The third-order valence-corrected chi connectivity index (χ3v) is 4.03. The second kappa shape index (κ2) is 10.8. The van der Waals surface area contributed by atoms with Crippen LogP contribution in [0.4, 0.5) is 0 Å². The van der Waals surface area contributed by atoms with E-state index in [1.54, 1.807) is 7.05 Å². The zero-order valence-corrected chi connectivity index (χ0v) is 18.0. The van der Waals surface area contributed by atoms with Gasteiger partial charge in [-0.3, -0.25) is 4.99 Å². The minimum atomic E-state index is 0. The molecule has 0 saturated heterocycles. The first-order valence-electron chi connectivity index (χ1n) is 8.88. The predicted molar refractivity (Wildman–Crippen MR) is 120 cm³/mol. The van der Waals surface area contributed by atoms with E-state index >= 15 is 0 Å². The van der Waals surface area contributed by atoms with Crippen LogP contribution in [0.1, 0.15) is 18.2 Å². The Kier molecular flexibility index (Phi) is 8.38. The van der Waals surface area contributed by atoms with Crippen molar-refractivity contribution in [2.24, 2.45) is 4.99 Å². The molecule has 6 nitrogen and oxygen atoms in total. The average Bonchev–Trinajstić information content (AvgIpc) is 3.08. The van der Waals surface area contributed by atoms with Crippen LogP contribution in [-0.4, -0.2) is 35.5 Å². The Hall–Kier alpha value is -2.29. The number of aromatic nitrogens is 2. The average molecular weight is 479 g/mol. The maximum Gasteiger partial charge on any atom is 0.191 e. The molecule has 0 atom stereocenters. The summed E-state index contributed by atoms with van der Waals surface area (Å²) in [5, 5.41) is 6.66. The third-order valence-electron chi connectivity index (χ3n) is 4.03. The van der Waals surface area contributed by atoms with E-state index in [-0.39, 0.29) is 24.0 Å². The first-order chi connectivity index (χ1) is 12.8. The summed E-state index contributed by atoms with van der Waals surface area (Å²) < 4.78 is 7.69. The molecule has 0 aliphatic heterocycles. The van der Waals surface area contributed by atoms with Crippen LogP contribution in [-0.2, 0) is 13.0 Å². The lowest BCUT2D eigenvalue weighted by Crippen LogP contribution is -2.38. The lowest BCUT2D eigenvalue weighted by molar-refractivity contribution is 0.336. The summed E-state index contributed by atoms with van der Waals surface area (Å²) in [6.07, 6.45) is 4.90. The number of hydrogen-bond donors (Lipinski definition) is 2. The molecule has 0 spiro atoms. The zero-order chi connectivity index (χ0) is 18.2. The van der Waals surface area contributed by atoms with Crippen LogP contribution < -0.4 is 15.4 Å². The highest BCUT2D eigenvalue weighted by Crippen LogP contribution is 2.17. The molecule has 0 saturated carbocycles. The molecule has 0 bridgehead atoms. The van der Waals surface area contributed by atoms with Crippen LogP contribution >= 0.6 is 24.0 Å². The van der Waals surface area contributed by atoms with Gasteiger partial charge in [-0.2, -0.15) is 0 Å². The number of nitrogens with zero attached hydrogens (tertiary/aromatic N) is 3. The maximum absolute atomic E-state index is 5.66. The Morgan fingerprint density at radius 1 is 1.15 bits per heavy atom. The Morgan fingerprint density at radius 2 is 1.96 bits per heavy atom. The number of fused-ring (bicyclic) bond motifs is 1. The van der Waals surface area contributed by atoms with E-state index in [1.807, 2.05) is 53.9 Å². The summed E-state index contributed by atoms with van der Waals surface area (Å²) in [5.74, 6) is 1.67. The SMILES string of the molecule is CCOc1ccccc1CNC(=NC)NCCc1cn2ccccc2n1.I. The van der Waals surface area contributed by atoms with Crippen LogP contribution in [0.3, 0.4) is 0 Å². The minimum Gasteiger partial charge on any atom is -0.494 e. The standard InChI is InChI=1S/C20H25N5O.HI/c1-3-26-18-9-5-4-8-16(18)14-23-20(21-2)22-12-11-17-15-25-13-7-6-10-19(25)24-17;/h4-10,13,15H,3,11-12,14H2,1-2H3,(H2,21,22,23);1H. The van der Waals surface area contributed by atoms with Gasteiger partial charge in [0.2, 0.25) is 0 Å². The molecule has 0 aliphatic rings. The van der Waals surface area contributed by atoms with Gasteiger partial charge >= 0.3 is 0 Å². The van der Waals surface area contributed by atoms with Gasteiger partial charge in [-0.05, 0) is 25.1 Å². The van der Waals surface area contributed by atoms with E-state index in [1.165, 1.54) is 0 Å². The molecule has 7 heteroatoms. The van der Waals surface area contributed by atoms with Gasteiger partial charge in [0.05, 0.1) is 12.3 Å². The van der Waals surface area contributed by atoms with Gasteiger partial charge in [0.1, 0.15) is 11.4 Å². The number of aliphatic imine (C=N–C) groups is 1. The van der Waals surface area contributed by atoms with Crippen molar-refractivity contribution >= 4 is 35.6 Å². The van der Waals surface area contributed by atoms with Gasteiger partial charge < -0.3 is 19.8 Å². The van der Waals surface area contributed by atoms with Crippen molar-refractivity contribution < 1.29 is 4.74 Å². The van der Waals surface area contributed by atoms with Crippen LogP contribution in [0.15, 0.2) is 59.9 Å². The van der Waals surface area contributed by atoms with E-state index < -0.39 is 0 Å². The Bertz CT molecular complexity index is 844. The third kappa shape index (κ3) is 5.85. The second-order valence-electron chi connectivity index (χ2n) is 5.84. The second-order valence-corrected chi connectivity index (χ2v) is 5.84. The van der Waals surface area contributed by atoms with E-state index in [9.17, 15) is 0 Å². The molecule has 0 fully saturated rings. The van der Waals surface area contributed by atoms with Gasteiger partial charge in [-0.15, -0.1) is 24.0 Å². The summed E-state index contributed by atoms with van der Waals surface area (Å²) in [4.78, 5) is 8.89. The smallest absolute Gasteiger partial charge is 0.191 e. The number of para-hydroxylation sites is 1. The lowest BCUT2D eigenvalue weighted by Gasteiger charge is -2.14. The number of hydrogen-bond acceptors (Lipinski definition) is 3. The van der Waals surface area contributed by atoms with Gasteiger partial charge in [0.15, 0.2) is 5.96 Å². The van der Waals surface area contributed by atoms with Crippen molar-refractivity contribution in [3.63, 3.8) is 0 Å². The molecule has 0 radical (unpaired) electrons. The summed E-state index contributed by atoms with van der Waals surface area (Å²) in [7, 11) is 1.77. The van der Waals surface area contributed by atoms with Crippen LogP contribution in [0.2, 0.25) is 0 Å². The molecule has 2 N–H and O–H groups in total. The molecule has 2 aromatic heterocycles. The fourth-order valence-corrected chi connectivity index (χ4v) is 2.76. The topological polar surface area (TPSA) is 63.0 Å². The van der Waals surface area contributed by atoms with Crippen molar-refractivity contribution in [1.29, 1.82) is 0 Å². The van der Waals surface area contributed by atoms with E-state index in [0.29, 0.717) is 13.2 Å². The Morgan fingerprint density at radius 3 is 2.74 bits per heavy atom. The summed E-state index contributed by atoms with van der Waals surface area (Å²) in [6.45, 7) is 4.06. The van der Waals surface area contributed by atoms with Crippen molar-refractivity contribution in [1.82, 2.24) is 20.0 Å². The van der Waals surface area contributed by atoms with Crippen LogP contribution in [0.25, 0.3) is 5.65 Å². The minimum absolute atomic E-state index is 0. The number of benzene rings is 1. The molecule has 1 aromatic carbocycles. The van der Waals surface area contributed by atoms with Gasteiger partial charge in [-0.25, -0.2) is 4.98 Å². The van der Waals surface area contributed by atoms with Crippen molar-refractivity contribution in [2.75, 3.05) is 20.2 Å². The fraction of sp³-hybridized carbons (Fsp3) is 0.300. The largest absolute Gasteiger partial charge is 0.494 e. The Balaban J connectivity index is 0.00000261. The number of nitrogens with one attached hydrogen (secondary N) is 2. The molecule has 0 unspecified atom stereocenters. The maximum atomic E-state index is 5.66. The summed E-state index contributed by atoms with van der Waals surface area (Å²) in [6, 6.07) is 14.0. The molecule has 0 aliphatic carbocycles. The molecule has 144 valence electrons. The molecule has 0 amide bonds. The summed E-state index contributed by atoms with van der Waals surface area (Å²) >= 11 is 0. The molecular formula is C20H26IN5O. The number of imidazole rings is 1. The quantitative estimate of drug-likeness (QED) is 0.310. The fourth-order valence-electron chi connectivity index (χ4n) is 2.76. The van der Waals surface area contributed by atoms with E-state index in [0.717, 1.165) is 41.6 Å². The van der Waals surface area contributed by atoms with E-state index in [4.69, 9.17) is 4.74 Å². The lowest BCUT2D eigenvalue weighted by atomic mass is 10.2. The molecule has 3 aromatic rings. The monoisotopic (exact) mass is 479 g/mol. The van der Waals surface area contributed by atoms with Gasteiger partial charge in [0.25, 0.3) is 0 Å². The normalized spacial score (nSPS) is 11.1. The van der Waals surface area contributed by atoms with Crippen molar-refractivity contribution in [3.8, 4) is 5.75 Å². The van der Waals surface area contributed by atoms with E-state index in [2.05, 4.69) is 32.9 Å².